The normalized spacial score (nSPS) is 14.9. The third kappa shape index (κ3) is 4.26. The minimum absolute atomic E-state index is 0.0380. The molecule has 0 radical (unpaired) electrons. The predicted molar refractivity (Wildman–Crippen MR) is 74.9 cm³/mol. The number of ether oxygens (including phenoxy) is 1. The number of halogens is 1. The van der Waals surface area contributed by atoms with Crippen LogP contribution in [0.15, 0.2) is 24.3 Å². The van der Waals surface area contributed by atoms with Gasteiger partial charge < -0.3 is 14.5 Å². The van der Waals surface area contributed by atoms with Crippen LogP contribution in [0.2, 0.25) is 0 Å². The molecule has 0 aromatic heterocycles. The summed E-state index contributed by atoms with van der Waals surface area (Å²) in [7, 11) is 0. The summed E-state index contributed by atoms with van der Waals surface area (Å²) in [5.41, 5.74) is 0.405. The van der Waals surface area contributed by atoms with Gasteiger partial charge in [0, 0.05) is 32.1 Å². The molecule has 0 N–H and O–H groups in total. The van der Waals surface area contributed by atoms with Gasteiger partial charge in [-0.3, -0.25) is 9.59 Å². The number of hydrogen-bond donors (Lipinski definition) is 0. The number of nitrogens with zero attached hydrogens (tertiary/aromatic N) is 2. The molecule has 1 aromatic carbocycles. The summed E-state index contributed by atoms with van der Waals surface area (Å²) in [5.74, 6) is -0.757. The summed E-state index contributed by atoms with van der Waals surface area (Å²) >= 11 is 0. The molecular weight excluding hydrogens is 275 g/mol. The molecule has 2 rings (SSSR count). The number of carbonyl (C=O) groups excluding carboxylic acids is 2. The molecule has 0 aliphatic carbocycles. The fourth-order valence-corrected chi connectivity index (χ4v) is 2.19. The van der Waals surface area contributed by atoms with Crippen molar-refractivity contribution in [2.24, 2.45) is 0 Å². The first-order chi connectivity index (χ1) is 10.1. The maximum atomic E-state index is 13.7. The van der Waals surface area contributed by atoms with E-state index in [1.807, 2.05) is 0 Å². The number of carbonyl (C=O) groups is 2. The number of amides is 2. The molecule has 1 saturated heterocycles. The van der Waals surface area contributed by atoms with Crippen molar-refractivity contribution in [3.05, 3.63) is 35.6 Å². The van der Waals surface area contributed by atoms with E-state index in [4.69, 9.17) is 4.74 Å². The van der Waals surface area contributed by atoms with Crippen molar-refractivity contribution in [2.45, 2.75) is 13.5 Å². The highest BCUT2D eigenvalue weighted by atomic mass is 19.1. The van der Waals surface area contributed by atoms with E-state index < -0.39 is 0 Å². The van der Waals surface area contributed by atoms with Crippen molar-refractivity contribution in [1.29, 1.82) is 0 Å². The van der Waals surface area contributed by atoms with E-state index in [9.17, 15) is 14.0 Å². The van der Waals surface area contributed by atoms with Crippen LogP contribution in [0.1, 0.15) is 12.5 Å². The third-order valence-corrected chi connectivity index (χ3v) is 3.45. The number of morpholine rings is 1. The summed E-state index contributed by atoms with van der Waals surface area (Å²) in [6.07, 6.45) is 0. The summed E-state index contributed by atoms with van der Waals surface area (Å²) in [5, 5.41) is 0. The van der Waals surface area contributed by atoms with Crippen molar-refractivity contribution in [3.8, 4) is 0 Å². The fourth-order valence-electron chi connectivity index (χ4n) is 2.19. The molecule has 1 heterocycles. The van der Waals surface area contributed by atoms with E-state index >= 15 is 0 Å². The highest BCUT2D eigenvalue weighted by Crippen LogP contribution is 2.11. The van der Waals surface area contributed by atoms with Gasteiger partial charge >= 0.3 is 0 Å². The molecule has 21 heavy (non-hydrogen) atoms. The van der Waals surface area contributed by atoms with Gasteiger partial charge in [-0.05, 0) is 6.07 Å². The van der Waals surface area contributed by atoms with Crippen LogP contribution in [0.5, 0.6) is 0 Å². The SMILES string of the molecule is CC(=O)N(CC(=O)N1CCOCC1)Cc1ccccc1F. The van der Waals surface area contributed by atoms with Crippen molar-refractivity contribution >= 4 is 11.8 Å². The molecule has 2 amide bonds. The van der Waals surface area contributed by atoms with E-state index in [0.717, 1.165) is 0 Å². The topological polar surface area (TPSA) is 49.9 Å². The Morgan fingerprint density at radius 2 is 1.95 bits per heavy atom. The Morgan fingerprint density at radius 1 is 1.29 bits per heavy atom. The molecule has 0 bridgehead atoms. The molecule has 5 nitrogen and oxygen atoms in total. The molecule has 6 heteroatoms. The summed E-state index contributed by atoms with van der Waals surface area (Å²) in [6.45, 7) is 3.53. The monoisotopic (exact) mass is 294 g/mol. The largest absolute Gasteiger partial charge is 0.378 e. The second-order valence-corrected chi connectivity index (χ2v) is 4.96. The van der Waals surface area contributed by atoms with Crippen molar-refractivity contribution in [2.75, 3.05) is 32.8 Å². The van der Waals surface area contributed by atoms with Crippen LogP contribution in [0, 0.1) is 5.82 Å². The Labute approximate surface area is 123 Å². The number of hydrogen-bond acceptors (Lipinski definition) is 3. The predicted octanol–water partition coefficient (Wildman–Crippen LogP) is 1.03. The lowest BCUT2D eigenvalue weighted by atomic mass is 10.2. The number of rotatable bonds is 4. The lowest BCUT2D eigenvalue weighted by Gasteiger charge is -2.29. The fraction of sp³-hybridized carbons (Fsp3) is 0.467. The maximum absolute atomic E-state index is 13.7. The lowest BCUT2D eigenvalue weighted by Crippen LogP contribution is -2.46. The zero-order valence-corrected chi connectivity index (χ0v) is 12.0. The molecule has 0 atom stereocenters. The molecule has 114 valence electrons. The second-order valence-electron chi connectivity index (χ2n) is 4.96. The average Bonchev–Trinajstić information content (AvgIpc) is 2.49. The second kappa shape index (κ2) is 7.17. The summed E-state index contributed by atoms with van der Waals surface area (Å²) in [4.78, 5) is 26.9. The molecule has 1 aromatic rings. The highest BCUT2D eigenvalue weighted by Gasteiger charge is 2.21. The van der Waals surface area contributed by atoms with E-state index in [1.165, 1.54) is 17.9 Å². The van der Waals surface area contributed by atoms with Crippen molar-refractivity contribution in [3.63, 3.8) is 0 Å². The molecule has 1 fully saturated rings. The van der Waals surface area contributed by atoms with Gasteiger partial charge in [0.2, 0.25) is 11.8 Å². The van der Waals surface area contributed by atoms with Gasteiger partial charge in [-0.25, -0.2) is 4.39 Å². The lowest BCUT2D eigenvalue weighted by molar-refractivity contribution is -0.142. The molecule has 1 aliphatic rings. The molecule has 0 spiro atoms. The third-order valence-electron chi connectivity index (χ3n) is 3.45. The van der Waals surface area contributed by atoms with Crippen LogP contribution in [0.4, 0.5) is 4.39 Å². The zero-order chi connectivity index (χ0) is 15.2. The molecule has 1 aliphatic heterocycles. The molecular formula is C15H19FN2O3. The minimum atomic E-state index is -0.373. The van der Waals surface area contributed by atoms with Gasteiger partial charge in [0.1, 0.15) is 12.4 Å². The van der Waals surface area contributed by atoms with Crippen LogP contribution < -0.4 is 0 Å². The first-order valence-electron chi connectivity index (χ1n) is 6.92. The van der Waals surface area contributed by atoms with Gasteiger partial charge in [0.15, 0.2) is 0 Å². The Hall–Kier alpha value is -1.95. The van der Waals surface area contributed by atoms with Gasteiger partial charge in [-0.15, -0.1) is 0 Å². The molecule has 0 saturated carbocycles. The quantitative estimate of drug-likeness (QED) is 0.833. The Morgan fingerprint density at radius 3 is 2.57 bits per heavy atom. The standard InChI is InChI=1S/C15H19FN2O3/c1-12(19)18(10-13-4-2-3-5-14(13)16)11-15(20)17-6-8-21-9-7-17/h2-5H,6-11H2,1H3. The van der Waals surface area contributed by atoms with E-state index in [0.29, 0.717) is 31.9 Å². The van der Waals surface area contributed by atoms with Crippen LogP contribution in [-0.2, 0) is 20.9 Å². The Bertz CT molecular complexity index is 515. The van der Waals surface area contributed by atoms with E-state index in [-0.39, 0.29) is 30.7 Å². The summed E-state index contributed by atoms with van der Waals surface area (Å²) in [6, 6.07) is 6.26. The average molecular weight is 294 g/mol. The van der Waals surface area contributed by atoms with Gasteiger partial charge in [0.25, 0.3) is 0 Å². The van der Waals surface area contributed by atoms with Crippen LogP contribution >= 0.6 is 0 Å². The maximum Gasteiger partial charge on any atom is 0.242 e. The smallest absolute Gasteiger partial charge is 0.242 e. The minimum Gasteiger partial charge on any atom is -0.378 e. The van der Waals surface area contributed by atoms with Gasteiger partial charge in [-0.2, -0.15) is 0 Å². The first kappa shape index (κ1) is 15.4. The van der Waals surface area contributed by atoms with Gasteiger partial charge in [-0.1, -0.05) is 18.2 Å². The highest BCUT2D eigenvalue weighted by molar-refractivity contribution is 5.83. The van der Waals surface area contributed by atoms with Crippen LogP contribution in [-0.4, -0.2) is 54.5 Å². The van der Waals surface area contributed by atoms with E-state index in [2.05, 4.69) is 0 Å². The first-order valence-corrected chi connectivity index (χ1v) is 6.92. The van der Waals surface area contributed by atoms with Gasteiger partial charge in [0.05, 0.1) is 13.2 Å². The number of benzene rings is 1. The van der Waals surface area contributed by atoms with Crippen LogP contribution in [0.25, 0.3) is 0 Å². The van der Waals surface area contributed by atoms with Crippen molar-refractivity contribution < 1.29 is 18.7 Å². The van der Waals surface area contributed by atoms with Crippen molar-refractivity contribution in [1.82, 2.24) is 9.80 Å². The molecule has 0 unspecified atom stereocenters. The Kier molecular flexibility index (Phi) is 5.27. The summed E-state index contributed by atoms with van der Waals surface area (Å²) < 4.78 is 18.8. The Balaban J connectivity index is 2.00. The van der Waals surface area contributed by atoms with Crippen LogP contribution in [0.3, 0.4) is 0 Å². The van der Waals surface area contributed by atoms with E-state index in [1.54, 1.807) is 23.1 Å². The zero-order valence-electron chi connectivity index (χ0n) is 12.0.